The monoisotopic (exact) mass is 426 g/mol. The Bertz CT molecular complexity index is 1320. The van der Waals surface area contributed by atoms with Crippen molar-refractivity contribution in [3.8, 4) is 28.1 Å². The summed E-state index contributed by atoms with van der Waals surface area (Å²) in [5, 5.41) is 16.5. The molecule has 1 aromatic heterocycles. The van der Waals surface area contributed by atoms with E-state index in [1.165, 1.54) is 4.57 Å². The first-order valence-electron chi connectivity index (χ1n) is 10.1. The van der Waals surface area contributed by atoms with Crippen LogP contribution in [0.25, 0.3) is 28.1 Å². The first-order chi connectivity index (χ1) is 15.4. The molecular formula is C25H22N4O3. The smallest absolute Gasteiger partial charge is 0.333 e. The number of aromatic nitrogens is 2. The molecule has 3 aromatic carbocycles. The minimum atomic E-state index is -0.953. The number of carbonyl (C=O) groups is 1. The lowest BCUT2D eigenvalue weighted by molar-refractivity contribution is -0.137. The van der Waals surface area contributed by atoms with E-state index < -0.39 is 5.97 Å². The summed E-state index contributed by atoms with van der Waals surface area (Å²) < 4.78 is 3.03. The van der Waals surface area contributed by atoms with Crippen molar-refractivity contribution in [3.05, 3.63) is 101 Å². The van der Waals surface area contributed by atoms with E-state index in [9.17, 15) is 9.59 Å². The Morgan fingerprint density at radius 3 is 2.00 bits per heavy atom. The molecule has 0 bridgehead atoms. The van der Waals surface area contributed by atoms with Gasteiger partial charge in [0.15, 0.2) is 0 Å². The normalized spacial score (nSPS) is 10.8. The van der Waals surface area contributed by atoms with E-state index in [-0.39, 0.29) is 24.5 Å². The van der Waals surface area contributed by atoms with E-state index in [2.05, 4.69) is 0 Å². The van der Waals surface area contributed by atoms with E-state index in [1.54, 1.807) is 22.9 Å². The van der Waals surface area contributed by atoms with Gasteiger partial charge in [-0.2, -0.15) is 0 Å². The van der Waals surface area contributed by atoms with Crippen molar-refractivity contribution in [1.29, 1.82) is 5.41 Å². The highest BCUT2D eigenvalue weighted by molar-refractivity contribution is 5.95. The Kier molecular flexibility index (Phi) is 5.72. The molecular weight excluding hydrogens is 404 g/mol. The largest absolute Gasteiger partial charge is 0.481 e. The number of rotatable bonds is 7. The van der Waals surface area contributed by atoms with Gasteiger partial charge in [-0.05, 0) is 23.3 Å². The van der Waals surface area contributed by atoms with Gasteiger partial charge in [0.2, 0.25) is 0 Å². The highest BCUT2D eigenvalue weighted by atomic mass is 16.4. The zero-order valence-electron chi connectivity index (χ0n) is 17.2. The summed E-state index contributed by atoms with van der Waals surface area (Å²) in [5.41, 5.74) is 10.1. The van der Waals surface area contributed by atoms with Crippen molar-refractivity contribution >= 4 is 11.8 Å². The number of nitrogens with zero attached hydrogens (tertiary/aromatic N) is 2. The third-order valence-corrected chi connectivity index (χ3v) is 5.25. The number of aliphatic carboxylic acids is 1. The van der Waals surface area contributed by atoms with Crippen LogP contribution in [0.15, 0.2) is 89.9 Å². The molecule has 0 fully saturated rings. The van der Waals surface area contributed by atoms with Crippen LogP contribution in [-0.4, -0.2) is 26.0 Å². The number of para-hydroxylation sites is 1. The van der Waals surface area contributed by atoms with Gasteiger partial charge in [0, 0.05) is 23.9 Å². The van der Waals surface area contributed by atoms with Crippen molar-refractivity contribution < 1.29 is 9.90 Å². The zero-order valence-corrected chi connectivity index (χ0v) is 17.2. The molecule has 1 heterocycles. The summed E-state index contributed by atoms with van der Waals surface area (Å²) in [4.78, 5) is 24.1. The predicted molar refractivity (Wildman–Crippen MR) is 124 cm³/mol. The second-order valence-electron chi connectivity index (χ2n) is 7.37. The Morgan fingerprint density at radius 2 is 1.44 bits per heavy atom. The maximum Gasteiger partial charge on any atom is 0.333 e. The number of carboxylic acids is 1. The summed E-state index contributed by atoms with van der Waals surface area (Å²) >= 11 is 0. The first-order valence-corrected chi connectivity index (χ1v) is 10.1. The number of imidazole rings is 1. The van der Waals surface area contributed by atoms with E-state index in [0.717, 1.165) is 16.7 Å². The van der Waals surface area contributed by atoms with Gasteiger partial charge in [-0.3, -0.25) is 19.3 Å². The molecule has 0 aliphatic rings. The van der Waals surface area contributed by atoms with Gasteiger partial charge in [-0.1, -0.05) is 66.7 Å². The standard InChI is InChI=1S/C25H22N4O3/c26-24(27)20-12-8-18(9-13-20)17-6-10-19(11-7-17)22-16-28(15-14-23(30)31)25(32)29(22)21-4-2-1-3-5-21/h1-13,16H,14-15H2,(H3,26,27)(H,30,31). The fourth-order valence-electron chi connectivity index (χ4n) is 3.57. The van der Waals surface area contributed by atoms with Crippen LogP contribution < -0.4 is 11.4 Å². The molecule has 0 aliphatic carbocycles. The van der Waals surface area contributed by atoms with E-state index in [1.807, 2.05) is 66.7 Å². The molecule has 0 saturated carbocycles. The van der Waals surface area contributed by atoms with Gasteiger partial charge < -0.3 is 10.8 Å². The maximum absolute atomic E-state index is 13.1. The van der Waals surface area contributed by atoms with E-state index >= 15 is 0 Å². The fraction of sp³-hybridized carbons (Fsp3) is 0.0800. The van der Waals surface area contributed by atoms with Crippen LogP contribution >= 0.6 is 0 Å². The molecule has 0 amide bonds. The summed E-state index contributed by atoms with van der Waals surface area (Å²) in [6.45, 7) is 0.0988. The molecule has 0 saturated heterocycles. The number of hydrogen-bond donors (Lipinski definition) is 3. The summed E-state index contributed by atoms with van der Waals surface area (Å²) in [6.07, 6.45) is 1.57. The minimum Gasteiger partial charge on any atom is -0.481 e. The SMILES string of the molecule is N=C(N)c1ccc(-c2ccc(-c3cn(CCC(=O)O)c(=O)n3-c3ccccc3)cc2)cc1. The van der Waals surface area contributed by atoms with E-state index in [4.69, 9.17) is 16.2 Å². The zero-order chi connectivity index (χ0) is 22.7. The number of nitrogen functional groups attached to an aromatic ring is 1. The number of benzene rings is 3. The van der Waals surface area contributed by atoms with Crippen molar-refractivity contribution in [3.63, 3.8) is 0 Å². The molecule has 0 atom stereocenters. The van der Waals surface area contributed by atoms with Gasteiger partial charge in [-0.15, -0.1) is 0 Å². The van der Waals surface area contributed by atoms with Crippen LogP contribution in [0, 0.1) is 5.41 Å². The number of carboxylic acid groups (broad SMARTS) is 1. The van der Waals surface area contributed by atoms with Crippen molar-refractivity contribution in [1.82, 2.24) is 9.13 Å². The number of hydrogen-bond acceptors (Lipinski definition) is 3. The average Bonchev–Trinajstić information content (AvgIpc) is 3.14. The molecule has 7 nitrogen and oxygen atoms in total. The Morgan fingerprint density at radius 1 is 0.875 bits per heavy atom. The van der Waals surface area contributed by atoms with Crippen LogP contribution in [0.4, 0.5) is 0 Å². The van der Waals surface area contributed by atoms with Gasteiger partial charge in [-0.25, -0.2) is 4.79 Å². The van der Waals surface area contributed by atoms with Crippen LogP contribution in [0.3, 0.4) is 0 Å². The van der Waals surface area contributed by atoms with Crippen molar-refractivity contribution in [2.75, 3.05) is 0 Å². The third-order valence-electron chi connectivity index (χ3n) is 5.25. The topological polar surface area (TPSA) is 114 Å². The molecule has 32 heavy (non-hydrogen) atoms. The molecule has 4 N–H and O–H groups in total. The van der Waals surface area contributed by atoms with Gasteiger partial charge in [0.25, 0.3) is 0 Å². The predicted octanol–water partition coefficient (Wildman–Crippen LogP) is 3.73. The number of nitrogens with one attached hydrogen (secondary N) is 1. The average molecular weight is 426 g/mol. The molecule has 4 rings (SSSR count). The lowest BCUT2D eigenvalue weighted by Crippen LogP contribution is -2.24. The third kappa shape index (κ3) is 4.22. The van der Waals surface area contributed by atoms with Gasteiger partial charge in [0.1, 0.15) is 5.84 Å². The van der Waals surface area contributed by atoms with Crippen LogP contribution in [0.5, 0.6) is 0 Å². The summed E-state index contributed by atoms with van der Waals surface area (Å²) in [7, 11) is 0. The molecule has 0 spiro atoms. The molecule has 4 aromatic rings. The quantitative estimate of drug-likeness (QED) is 0.309. The van der Waals surface area contributed by atoms with Crippen LogP contribution in [0.1, 0.15) is 12.0 Å². The first kappa shape index (κ1) is 20.9. The second kappa shape index (κ2) is 8.77. The Balaban J connectivity index is 1.73. The minimum absolute atomic E-state index is 0.0261. The summed E-state index contributed by atoms with van der Waals surface area (Å²) in [5.74, 6) is -0.927. The van der Waals surface area contributed by atoms with Gasteiger partial charge >= 0.3 is 11.7 Å². The Labute approximate surface area is 184 Å². The molecule has 7 heteroatoms. The molecule has 0 aliphatic heterocycles. The van der Waals surface area contributed by atoms with Crippen LogP contribution in [0.2, 0.25) is 0 Å². The lowest BCUT2D eigenvalue weighted by Gasteiger charge is -2.09. The number of aryl methyl sites for hydroxylation is 1. The van der Waals surface area contributed by atoms with Gasteiger partial charge in [0.05, 0.1) is 17.8 Å². The Hall–Kier alpha value is -4.39. The highest BCUT2D eigenvalue weighted by Crippen LogP contribution is 2.26. The molecule has 160 valence electrons. The van der Waals surface area contributed by atoms with Crippen LogP contribution in [-0.2, 0) is 11.3 Å². The molecule has 0 unspecified atom stereocenters. The second-order valence-corrected chi connectivity index (χ2v) is 7.37. The number of amidine groups is 1. The highest BCUT2D eigenvalue weighted by Gasteiger charge is 2.15. The fourth-order valence-corrected chi connectivity index (χ4v) is 3.57. The van der Waals surface area contributed by atoms with Crippen molar-refractivity contribution in [2.24, 2.45) is 5.73 Å². The maximum atomic E-state index is 13.1. The van der Waals surface area contributed by atoms with E-state index in [0.29, 0.717) is 16.9 Å². The lowest BCUT2D eigenvalue weighted by atomic mass is 10.0. The van der Waals surface area contributed by atoms with Crippen molar-refractivity contribution in [2.45, 2.75) is 13.0 Å². The summed E-state index contributed by atoms with van der Waals surface area (Å²) in [6, 6.07) is 24.5. The number of nitrogens with two attached hydrogens (primary N) is 1. The molecule has 0 radical (unpaired) electrons.